The van der Waals surface area contributed by atoms with Crippen molar-refractivity contribution in [2.75, 3.05) is 40.3 Å². The zero-order valence-electron chi connectivity index (χ0n) is 16.8. The second kappa shape index (κ2) is 7.24. The predicted molar refractivity (Wildman–Crippen MR) is 108 cm³/mol. The number of fused-ring (bicyclic) bond motifs is 1. The zero-order chi connectivity index (χ0) is 19.0. The molecule has 6 heteroatoms. The number of aromatic nitrogens is 2. The van der Waals surface area contributed by atoms with Crippen LogP contribution in [-0.2, 0) is 17.9 Å². The highest BCUT2D eigenvalue weighted by molar-refractivity contribution is 5.76. The minimum Gasteiger partial charge on any atom is -0.346 e. The molecule has 1 spiro atoms. The fourth-order valence-electron chi connectivity index (χ4n) is 4.77. The van der Waals surface area contributed by atoms with Gasteiger partial charge in [-0.1, -0.05) is 12.1 Å². The van der Waals surface area contributed by atoms with Gasteiger partial charge in [-0.2, -0.15) is 0 Å². The molecule has 1 amide bonds. The van der Waals surface area contributed by atoms with Gasteiger partial charge in [0.15, 0.2) is 0 Å². The summed E-state index contributed by atoms with van der Waals surface area (Å²) in [4.78, 5) is 24.0. The van der Waals surface area contributed by atoms with Gasteiger partial charge in [0.2, 0.25) is 5.91 Å². The normalized spacial score (nSPS) is 25.4. The number of hydrogen-bond acceptors (Lipinski definition) is 4. The zero-order valence-corrected chi connectivity index (χ0v) is 16.8. The Bertz CT molecular complexity index is 831. The molecular weight excluding hydrogens is 338 g/mol. The van der Waals surface area contributed by atoms with Crippen molar-refractivity contribution in [3.63, 3.8) is 0 Å². The number of likely N-dealkylation sites (N-methyl/N-ethyl adjacent to an activating group) is 1. The lowest BCUT2D eigenvalue weighted by molar-refractivity contribution is -0.129. The first-order chi connectivity index (χ1) is 13.0. The summed E-state index contributed by atoms with van der Waals surface area (Å²) in [6.07, 6.45) is 2.65. The molecule has 0 bridgehead atoms. The molecule has 0 radical (unpaired) electrons. The summed E-state index contributed by atoms with van der Waals surface area (Å²) in [6.45, 7) is 7.97. The predicted octanol–water partition coefficient (Wildman–Crippen LogP) is 2.18. The Hall–Kier alpha value is -1.92. The first-order valence-corrected chi connectivity index (χ1v) is 10.1. The Morgan fingerprint density at radius 3 is 2.74 bits per heavy atom. The standard InChI is InChI=1S/C21H31N5O/c1-4-26-18-8-6-5-7-17(18)22-19(26)15-25-14-13-24(3)21(16-25)10-9-20(27)23(2)12-11-21/h5-8H,4,9-16H2,1-3H3/t21-/m1/s1. The molecule has 146 valence electrons. The first-order valence-electron chi connectivity index (χ1n) is 10.1. The smallest absolute Gasteiger partial charge is 0.222 e. The fourth-order valence-corrected chi connectivity index (χ4v) is 4.77. The minimum absolute atomic E-state index is 0.0989. The van der Waals surface area contributed by atoms with Crippen LogP contribution in [0, 0.1) is 0 Å². The summed E-state index contributed by atoms with van der Waals surface area (Å²) in [5, 5.41) is 0. The summed E-state index contributed by atoms with van der Waals surface area (Å²) in [6, 6.07) is 8.41. The van der Waals surface area contributed by atoms with Gasteiger partial charge < -0.3 is 9.47 Å². The molecule has 2 aliphatic rings. The maximum absolute atomic E-state index is 12.2. The fraction of sp³-hybridized carbons (Fsp3) is 0.619. The molecule has 1 aromatic carbocycles. The highest BCUT2D eigenvalue weighted by atomic mass is 16.2. The summed E-state index contributed by atoms with van der Waals surface area (Å²) < 4.78 is 2.34. The lowest BCUT2D eigenvalue weighted by atomic mass is 9.86. The molecule has 27 heavy (non-hydrogen) atoms. The summed E-state index contributed by atoms with van der Waals surface area (Å²) in [5.41, 5.74) is 2.40. The number of nitrogens with zero attached hydrogens (tertiary/aromatic N) is 5. The third kappa shape index (κ3) is 3.36. The number of rotatable bonds is 3. The van der Waals surface area contributed by atoms with Gasteiger partial charge in [0.1, 0.15) is 5.82 Å². The van der Waals surface area contributed by atoms with Gasteiger partial charge in [-0.15, -0.1) is 0 Å². The molecule has 3 heterocycles. The van der Waals surface area contributed by atoms with Crippen LogP contribution in [0.4, 0.5) is 0 Å². The third-order valence-corrected chi connectivity index (χ3v) is 6.64. The van der Waals surface area contributed by atoms with E-state index in [1.54, 1.807) is 0 Å². The molecule has 4 rings (SSSR count). The lowest BCUT2D eigenvalue weighted by Crippen LogP contribution is -2.60. The molecule has 2 aliphatic heterocycles. The average Bonchev–Trinajstić information content (AvgIpc) is 2.96. The van der Waals surface area contributed by atoms with E-state index in [1.807, 2.05) is 11.9 Å². The number of para-hydroxylation sites is 2. The van der Waals surface area contributed by atoms with Crippen LogP contribution in [-0.4, -0.2) is 76.0 Å². The Balaban J connectivity index is 1.56. The SMILES string of the molecule is CCn1c(CN2CCN(C)[C@@]3(CCC(=O)N(C)CC3)C2)nc2ccccc21. The Kier molecular flexibility index (Phi) is 4.95. The minimum atomic E-state index is 0.0989. The van der Waals surface area contributed by atoms with Crippen LogP contribution in [0.2, 0.25) is 0 Å². The van der Waals surface area contributed by atoms with Gasteiger partial charge in [-0.05, 0) is 38.9 Å². The van der Waals surface area contributed by atoms with Crippen molar-refractivity contribution in [2.24, 2.45) is 0 Å². The monoisotopic (exact) mass is 369 g/mol. The van der Waals surface area contributed by atoms with Crippen molar-refractivity contribution >= 4 is 16.9 Å². The topological polar surface area (TPSA) is 44.6 Å². The van der Waals surface area contributed by atoms with Crippen molar-refractivity contribution in [2.45, 2.75) is 44.8 Å². The number of amides is 1. The van der Waals surface area contributed by atoms with Crippen LogP contribution in [0.15, 0.2) is 24.3 Å². The maximum atomic E-state index is 12.2. The van der Waals surface area contributed by atoms with Crippen molar-refractivity contribution in [3.8, 4) is 0 Å². The van der Waals surface area contributed by atoms with Crippen molar-refractivity contribution in [1.82, 2.24) is 24.3 Å². The van der Waals surface area contributed by atoms with Crippen molar-refractivity contribution in [1.29, 1.82) is 0 Å². The van der Waals surface area contributed by atoms with Crippen LogP contribution in [0.5, 0.6) is 0 Å². The van der Waals surface area contributed by atoms with Crippen LogP contribution < -0.4 is 0 Å². The Morgan fingerprint density at radius 1 is 1.11 bits per heavy atom. The molecule has 0 saturated carbocycles. The van der Waals surface area contributed by atoms with Gasteiger partial charge in [-0.25, -0.2) is 4.98 Å². The van der Waals surface area contributed by atoms with Crippen molar-refractivity contribution in [3.05, 3.63) is 30.1 Å². The van der Waals surface area contributed by atoms with Gasteiger partial charge in [0, 0.05) is 51.7 Å². The van der Waals surface area contributed by atoms with Gasteiger partial charge >= 0.3 is 0 Å². The summed E-state index contributed by atoms with van der Waals surface area (Å²) in [7, 11) is 4.17. The van der Waals surface area contributed by atoms with Gasteiger partial charge in [0.05, 0.1) is 17.6 Å². The summed E-state index contributed by atoms with van der Waals surface area (Å²) >= 11 is 0. The number of carbonyl (C=O) groups is 1. The summed E-state index contributed by atoms with van der Waals surface area (Å²) in [5.74, 6) is 1.44. The third-order valence-electron chi connectivity index (χ3n) is 6.64. The van der Waals surface area contributed by atoms with E-state index >= 15 is 0 Å². The Morgan fingerprint density at radius 2 is 1.93 bits per heavy atom. The molecule has 2 fully saturated rings. The van der Waals surface area contributed by atoms with Crippen LogP contribution in [0.3, 0.4) is 0 Å². The van der Waals surface area contributed by atoms with Crippen LogP contribution in [0.1, 0.15) is 32.0 Å². The number of benzene rings is 1. The molecule has 6 nitrogen and oxygen atoms in total. The number of imidazole rings is 1. The number of carbonyl (C=O) groups excluding carboxylic acids is 1. The second-order valence-electron chi connectivity index (χ2n) is 8.18. The van der Waals surface area contributed by atoms with E-state index in [-0.39, 0.29) is 11.4 Å². The van der Waals surface area contributed by atoms with E-state index in [4.69, 9.17) is 4.98 Å². The van der Waals surface area contributed by atoms with E-state index in [0.717, 1.165) is 63.5 Å². The average molecular weight is 370 g/mol. The lowest BCUT2D eigenvalue weighted by Gasteiger charge is -2.49. The number of aryl methyl sites for hydroxylation is 1. The molecule has 1 atom stereocenters. The van der Waals surface area contributed by atoms with E-state index in [2.05, 4.69) is 52.6 Å². The quantitative estimate of drug-likeness (QED) is 0.832. The van der Waals surface area contributed by atoms with E-state index in [1.165, 1.54) is 5.52 Å². The largest absolute Gasteiger partial charge is 0.346 e. The number of hydrogen-bond donors (Lipinski definition) is 0. The molecule has 1 aromatic heterocycles. The highest BCUT2D eigenvalue weighted by Gasteiger charge is 2.41. The molecular formula is C21H31N5O. The van der Waals surface area contributed by atoms with Crippen LogP contribution >= 0.6 is 0 Å². The van der Waals surface area contributed by atoms with Crippen LogP contribution in [0.25, 0.3) is 11.0 Å². The number of likely N-dealkylation sites (tertiary alicyclic amines) is 1. The van der Waals surface area contributed by atoms with Gasteiger partial charge in [-0.3, -0.25) is 14.6 Å². The van der Waals surface area contributed by atoms with Gasteiger partial charge in [0.25, 0.3) is 0 Å². The maximum Gasteiger partial charge on any atom is 0.222 e. The first kappa shape index (κ1) is 18.4. The molecule has 2 aromatic rings. The van der Waals surface area contributed by atoms with E-state index in [0.29, 0.717) is 6.42 Å². The molecule has 2 saturated heterocycles. The van der Waals surface area contributed by atoms with E-state index in [9.17, 15) is 4.79 Å². The second-order valence-corrected chi connectivity index (χ2v) is 8.18. The van der Waals surface area contributed by atoms with Crippen molar-refractivity contribution < 1.29 is 4.79 Å². The van der Waals surface area contributed by atoms with E-state index < -0.39 is 0 Å². The molecule has 0 unspecified atom stereocenters. The molecule has 0 N–H and O–H groups in total. The highest BCUT2D eigenvalue weighted by Crippen LogP contribution is 2.32. The Labute approximate surface area is 161 Å². The molecule has 0 aliphatic carbocycles. The number of piperazine rings is 1.